The first kappa shape index (κ1) is 15.1. The lowest BCUT2D eigenvalue weighted by Crippen LogP contribution is -2.30. The van der Waals surface area contributed by atoms with Crippen LogP contribution >= 0.6 is 23.1 Å². The first-order chi connectivity index (χ1) is 9.54. The van der Waals surface area contributed by atoms with Crippen LogP contribution in [0.3, 0.4) is 0 Å². The van der Waals surface area contributed by atoms with E-state index in [0.717, 1.165) is 21.5 Å². The van der Waals surface area contributed by atoms with Gasteiger partial charge in [-0.1, -0.05) is 0 Å². The second-order valence-electron chi connectivity index (χ2n) is 4.50. The number of aryl methyl sites for hydroxylation is 2. The number of thiophene rings is 1. The third-order valence-corrected chi connectivity index (χ3v) is 4.94. The Morgan fingerprint density at radius 1 is 1.50 bits per heavy atom. The Labute approximate surface area is 125 Å². The standard InChI is InChI=1S/C13H17N3O2S2/c1-7-8(2)20-12-10(7)11(14-6-15-12)16-9(13(17)18)4-5-19-3/h6,9H,4-5H2,1-3H3,(H,17,18)(H,14,15,16)/t9-/m0/s1. The fourth-order valence-electron chi connectivity index (χ4n) is 1.95. The molecule has 0 saturated carbocycles. The summed E-state index contributed by atoms with van der Waals surface area (Å²) in [6, 6.07) is -0.625. The molecule has 0 aliphatic heterocycles. The molecule has 0 aromatic carbocycles. The summed E-state index contributed by atoms with van der Waals surface area (Å²) in [4.78, 5) is 21.9. The van der Waals surface area contributed by atoms with E-state index in [1.165, 1.54) is 11.2 Å². The number of anilines is 1. The molecule has 2 heterocycles. The molecule has 0 aliphatic carbocycles. The number of hydrogen-bond acceptors (Lipinski definition) is 6. The number of carboxylic acid groups (broad SMARTS) is 1. The highest BCUT2D eigenvalue weighted by Gasteiger charge is 2.20. The Hall–Kier alpha value is -1.34. The maximum Gasteiger partial charge on any atom is 0.326 e. The third-order valence-electron chi connectivity index (χ3n) is 3.19. The van der Waals surface area contributed by atoms with Crippen molar-refractivity contribution in [2.45, 2.75) is 26.3 Å². The number of aliphatic carboxylic acids is 1. The van der Waals surface area contributed by atoms with Gasteiger partial charge in [-0.2, -0.15) is 11.8 Å². The van der Waals surface area contributed by atoms with Crippen LogP contribution < -0.4 is 5.32 Å². The van der Waals surface area contributed by atoms with Gasteiger partial charge in [0.05, 0.1) is 5.39 Å². The van der Waals surface area contributed by atoms with Gasteiger partial charge in [-0.05, 0) is 37.8 Å². The molecule has 20 heavy (non-hydrogen) atoms. The van der Waals surface area contributed by atoms with Crippen molar-refractivity contribution in [3.63, 3.8) is 0 Å². The summed E-state index contributed by atoms with van der Waals surface area (Å²) in [7, 11) is 0. The van der Waals surface area contributed by atoms with E-state index in [0.29, 0.717) is 12.2 Å². The van der Waals surface area contributed by atoms with Crippen LogP contribution in [-0.4, -0.2) is 39.1 Å². The lowest BCUT2D eigenvalue weighted by atomic mass is 10.2. The zero-order chi connectivity index (χ0) is 14.7. The first-order valence-electron chi connectivity index (χ1n) is 6.23. The molecular weight excluding hydrogens is 294 g/mol. The van der Waals surface area contributed by atoms with Gasteiger partial charge in [-0.25, -0.2) is 14.8 Å². The Morgan fingerprint density at radius 2 is 2.25 bits per heavy atom. The van der Waals surface area contributed by atoms with Gasteiger partial charge in [-0.15, -0.1) is 11.3 Å². The predicted molar refractivity (Wildman–Crippen MR) is 84.9 cm³/mol. The van der Waals surface area contributed by atoms with E-state index in [4.69, 9.17) is 0 Å². The zero-order valence-electron chi connectivity index (χ0n) is 11.6. The van der Waals surface area contributed by atoms with Crippen molar-refractivity contribution >= 4 is 45.1 Å². The van der Waals surface area contributed by atoms with Crippen LogP contribution in [0.25, 0.3) is 10.2 Å². The summed E-state index contributed by atoms with van der Waals surface area (Å²) in [5, 5.41) is 13.3. The summed E-state index contributed by atoms with van der Waals surface area (Å²) in [5.74, 6) is 0.556. The molecule has 2 rings (SSSR count). The van der Waals surface area contributed by atoms with Crippen molar-refractivity contribution in [1.29, 1.82) is 0 Å². The summed E-state index contributed by atoms with van der Waals surface area (Å²) in [6.07, 6.45) is 4.01. The molecule has 108 valence electrons. The van der Waals surface area contributed by atoms with E-state index >= 15 is 0 Å². The number of rotatable bonds is 6. The average Bonchev–Trinajstić information content (AvgIpc) is 2.70. The summed E-state index contributed by atoms with van der Waals surface area (Å²) < 4.78 is 0. The number of nitrogens with zero attached hydrogens (tertiary/aromatic N) is 2. The molecule has 0 saturated heterocycles. The Kier molecular flexibility index (Phi) is 4.82. The third kappa shape index (κ3) is 3.04. The number of nitrogens with one attached hydrogen (secondary N) is 1. The van der Waals surface area contributed by atoms with Gasteiger partial charge >= 0.3 is 5.97 Å². The minimum Gasteiger partial charge on any atom is -0.480 e. The molecule has 0 unspecified atom stereocenters. The summed E-state index contributed by atoms with van der Waals surface area (Å²) in [5.41, 5.74) is 1.11. The lowest BCUT2D eigenvalue weighted by Gasteiger charge is -2.15. The monoisotopic (exact) mass is 311 g/mol. The zero-order valence-corrected chi connectivity index (χ0v) is 13.3. The van der Waals surface area contributed by atoms with Crippen LogP contribution in [0.15, 0.2) is 6.33 Å². The van der Waals surface area contributed by atoms with Crippen molar-refractivity contribution in [1.82, 2.24) is 9.97 Å². The van der Waals surface area contributed by atoms with E-state index in [-0.39, 0.29) is 0 Å². The molecule has 2 N–H and O–H groups in total. The number of aromatic nitrogens is 2. The minimum absolute atomic E-state index is 0.560. The topological polar surface area (TPSA) is 75.1 Å². The smallest absolute Gasteiger partial charge is 0.326 e. The number of fused-ring (bicyclic) bond motifs is 1. The highest BCUT2D eigenvalue weighted by Crippen LogP contribution is 2.32. The number of carbonyl (C=O) groups is 1. The molecule has 2 aromatic heterocycles. The Balaban J connectivity index is 2.34. The van der Waals surface area contributed by atoms with Gasteiger partial charge in [0.1, 0.15) is 23.0 Å². The van der Waals surface area contributed by atoms with Crippen molar-refractivity contribution in [2.24, 2.45) is 0 Å². The molecule has 1 atom stereocenters. The molecule has 0 spiro atoms. The van der Waals surface area contributed by atoms with Crippen molar-refractivity contribution in [3.8, 4) is 0 Å². The Bertz CT molecular complexity index is 627. The largest absolute Gasteiger partial charge is 0.480 e. The number of hydrogen-bond donors (Lipinski definition) is 2. The van der Waals surface area contributed by atoms with E-state index in [2.05, 4.69) is 15.3 Å². The van der Waals surface area contributed by atoms with Crippen LogP contribution in [0.1, 0.15) is 16.9 Å². The van der Waals surface area contributed by atoms with E-state index < -0.39 is 12.0 Å². The molecule has 5 nitrogen and oxygen atoms in total. The van der Waals surface area contributed by atoms with Gasteiger partial charge in [-0.3, -0.25) is 0 Å². The highest BCUT2D eigenvalue weighted by molar-refractivity contribution is 7.98. The number of thioether (sulfide) groups is 1. The molecule has 0 amide bonds. The first-order valence-corrected chi connectivity index (χ1v) is 8.44. The molecule has 0 fully saturated rings. The maximum atomic E-state index is 11.3. The lowest BCUT2D eigenvalue weighted by molar-refractivity contribution is -0.137. The van der Waals surface area contributed by atoms with Gasteiger partial charge in [0.25, 0.3) is 0 Å². The summed E-state index contributed by atoms with van der Waals surface area (Å²) in [6.45, 7) is 4.05. The van der Waals surface area contributed by atoms with Crippen molar-refractivity contribution in [2.75, 3.05) is 17.3 Å². The average molecular weight is 311 g/mol. The molecule has 2 aromatic rings. The predicted octanol–water partition coefficient (Wildman–Crippen LogP) is 2.93. The maximum absolute atomic E-state index is 11.3. The molecule has 0 radical (unpaired) electrons. The van der Waals surface area contributed by atoms with Crippen LogP contribution in [0.5, 0.6) is 0 Å². The number of carboxylic acids is 1. The Morgan fingerprint density at radius 3 is 2.90 bits per heavy atom. The van der Waals surface area contributed by atoms with Crippen LogP contribution in [0.2, 0.25) is 0 Å². The van der Waals surface area contributed by atoms with Crippen LogP contribution in [0.4, 0.5) is 5.82 Å². The van der Waals surface area contributed by atoms with Crippen molar-refractivity contribution in [3.05, 3.63) is 16.8 Å². The minimum atomic E-state index is -0.851. The van der Waals surface area contributed by atoms with Gasteiger partial charge in [0.15, 0.2) is 0 Å². The SMILES string of the molecule is CSCC[C@H](Nc1ncnc2sc(C)c(C)c12)C(=O)O. The van der Waals surface area contributed by atoms with Gasteiger partial charge in [0.2, 0.25) is 0 Å². The van der Waals surface area contributed by atoms with E-state index in [9.17, 15) is 9.90 Å². The fourth-order valence-corrected chi connectivity index (χ4v) is 3.42. The quantitative estimate of drug-likeness (QED) is 0.854. The normalized spacial score (nSPS) is 12.6. The van der Waals surface area contributed by atoms with Gasteiger partial charge in [0, 0.05) is 4.88 Å². The van der Waals surface area contributed by atoms with Crippen LogP contribution in [0, 0.1) is 13.8 Å². The molecule has 0 aliphatic rings. The summed E-state index contributed by atoms with van der Waals surface area (Å²) >= 11 is 3.24. The fraction of sp³-hybridized carbons (Fsp3) is 0.462. The van der Waals surface area contributed by atoms with E-state index in [1.807, 2.05) is 20.1 Å². The second kappa shape index (κ2) is 6.41. The molecular formula is C13H17N3O2S2. The van der Waals surface area contributed by atoms with Crippen molar-refractivity contribution < 1.29 is 9.90 Å². The van der Waals surface area contributed by atoms with Gasteiger partial charge < -0.3 is 10.4 Å². The highest BCUT2D eigenvalue weighted by atomic mass is 32.2. The molecule has 0 bridgehead atoms. The molecule has 7 heteroatoms. The van der Waals surface area contributed by atoms with Crippen LogP contribution in [-0.2, 0) is 4.79 Å². The second-order valence-corrected chi connectivity index (χ2v) is 6.69. The van der Waals surface area contributed by atoms with E-state index in [1.54, 1.807) is 23.1 Å².